The Morgan fingerprint density at radius 1 is 1.24 bits per heavy atom. The van der Waals surface area contributed by atoms with Crippen molar-refractivity contribution in [3.05, 3.63) is 11.9 Å². The fraction of sp³-hybridized carbons (Fsp3) is 0.765. The standard InChI is InChI=1S/C17H31N3O/c1-7-10-18-14-12-15(21-11-8-9-13(2)3)20-16(19-14)17(4,5)6/h12-13H,7-11H2,1-6H3,(H,18,19,20). The van der Waals surface area contributed by atoms with E-state index in [1.165, 1.54) is 6.42 Å². The minimum Gasteiger partial charge on any atom is -0.478 e. The van der Waals surface area contributed by atoms with Crippen LogP contribution in [0.3, 0.4) is 0 Å². The van der Waals surface area contributed by atoms with E-state index >= 15 is 0 Å². The van der Waals surface area contributed by atoms with Crippen molar-refractivity contribution in [3.63, 3.8) is 0 Å². The summed E-state index contributed by atoms with van der Waals surface area (Å²) < 4.78 is 5.82. The van der Waals surface area contributed by atoms with Gasteiger partial charge >= 0.3 is 0 Å². The van der Waals surface area contributed by atoms with E-state index in [1.54, 1.807) is 0 Å². The fourth-order valence-electron chi connectivity index (χ4n) is 1.85. The number of rotatable bonds is 8. The number of nitrogens with zero attached hydrogens (tertiary/aromatic N) is 2. The Hall–Kier alpha value is -1.32. The molecule has 1 heterocycles. The Morgan fingerprint density at radius 2 is 1.95 bits per heavy atom. The van der Waals surface area contributed by atoms with Gasteiger partial charge in [-0.3, -0.25) is 0 Å². The first kappa shape index (κ1) is 17.7. The molecule has 0 unspecified atom stereocenters. The molecule has 0 amide bonds. The summed E-state index contributed by atoms with van der Waals surface area (Å²) in [6, 6.07) is 1.90. The second kappa shape index (κ2) is 8.20. The van der Waals surface area contributed by atoms with Gasteiger partial charge in [-0.25, -0.2) is 4.98 Å². The summed E-state index contributed by atoms with van der Waals surface area (Å²) in [5, 5.41) is 3.32. The highest BCUT2D eigenvalue weighted by molar-refractivity contribution is 5.39. The van der Waals surface area contributed by atoms with Crippen LogP contribution in [-0.4, -0.2) is 23.1 Å². The van der Waals surface area contributed by atoms with Gasteiger partial charge in [-0.15, -0.1) is 0 Å². The van der Waals surface area contributed by atoms with Crippen LogP contribution in [-0.2, 0) is 5.41 Å². The molecule has 0 aliphatic heterocycles. The van der Waals surface area contributed by atoms with Gasteiger partial charge in [0.05, 0.1) is 6.61 Å². The molecule has 0 atom stereocenters. The van der Waals surface area contributed by atoms with Gasteiger partial charge < -0.3 is 10.1 Å². The molecular weight excluding hydrogens is 262 g/mol. The van der Waals surface area contributed by atoms with Crippen molar-refractivity contribution in [1.82, 2.24) is 9.97 Å². The molecule has 120 valence electrons. The number of aromatic nitrogens is 2. The number of anilines is 1. The Morgan fingerprint density at radius 3 is 2.52 bits per heavy atom. The molecule has 0 bridgehead atoms. The van der Waals surface area contributed by atoms with E-state index in [4.69, 9.17) is 4.74 Å². The van der Waals surface area contributed by atoms with E-state index in [2.05, 4.69) is 56.8 Å². The summed E-state index contributed by atoms with van der Waals surface area (Å²) in [5.74, 6) is 3.07. The Balaban J connectivity index is 2.76. The Kier molecular flexibility index (Phi) is 6.93. The van der Waals surface area contributed by atoms with E-state index in [-0.39, 0.29) is 5.41 Å². The first-order valence-corrected chi connectivity index (χ1v) is 8.09. The molecule has 4 heteroatoms. The zero-order chi connectivity index (χ0) is 15.9. The summed E-state index contributed by atoms with van der Waals surface area (Å²) in [7, 11) is 0. The predicted octanol–water partition coefficient (Wildman–Crippen LogP) is 4.41. The van der Waals surface area contributed by atoms with Crippen molar-refractivity contribution in [2.24, 2.45) is 5.92 Å². The monoisotopic (exact) mass is 293 g/mol. The fourth-order valence-corrected chi connectivity index (χ4v) is 1.85. The van der Waals surface area contributed by atoms with Crippen LogP contribution in [0.4, 0.5) is 5.82 Å². The molecule has 0 aliphatic carbocycles. The van der Waals surface area contributed by atoms with Gasteiger partial charge in [0.1, 0.15) is 11.6 Å². The first-order chi connectivity index (χ1) is 9.82. The minimum atomic E-state index is -0.0834. The highest BCUT2D eigenvalue weighted by atomic mass is 16.5. The Bertz CT molecular complexity index is 425. The van der Waals surface area contributed by atoms with Gasteiger partial charge in [-0.05, 0) is 25.2 Å². The number of hydrogen-bond acceptors (Lipinski definition) is 4. The lowest BCUT2D eigenvalue weighted by molar-refractivity contribution is 0.284. The lowest BCUT2D eigenvalue weighted by Crippen LogP contribution is -2.18. The molecule has 1 N–H and O–H groups in total. The van der Waals surface area contributed by atoms with Gasteiger partial charge in [-0.1, -0.05) is 41.5 Å². The maximum atomic E-state index is 5.82. The Labute approximate surface area is 129 Å². The predicted molar refractivity (Wildman–Crippen MR) is 89.1 cm³/mol. The van der Waals surface area contributed by atoms with Crippen molar-refractivity contribution in [2.75, 3.05) is 18.5 Å². The lowest BCUT2D eigenvalue weighted by Gasteiger charge is -2.19. The molecule has 0 saturated heterocycles. The summed E-state index contributed by atoms with van der Waals surface area (Å²) in [6.45, 7) is 14.6. The normalized spacial score (nSPS) is 11.8. The van der Waals surface area contributed by atoms with Crippen LogP contribution in [0.15, 0.2) is 6.07 Å². The SMILES string of the molecule is CCCNc1cc(OCCCC(C)C)nc(C(C)(C)C)n1. The summed E-state index contributed by atoms with van der Waals surface area (Å²) in [4.78, 5) is 9.15. The minimum absolute atomic E-state index is 0.0834. The largest absolute Gasteiger partial charge is 0.478 e. The number of ether oxygens (including phenoxy) is 1. The number of nitrogens with one attached hydrogen (secondary N) is 1. The number of hydrogen-bond donors (Lipinski definition) is 1. The third-order valence-electron chi connectivity index (χ3n) is 3.11. The third kappa shape index (κ3) is 6.78. The van der Waals surface area contributed by atoms with Crippen LogP contribution in [0.1, 0.15) is 66.6 Å². The molecule has 0 aliphatic rings. The van der Waals surface area contributed by atoms with E-state index in [0.29, 0.717) is 18.4 Å². The van der Waals surface area contributed by atoms with Gasteiger partial charge in [0.2, 0.25) is 5.88 Å². The molecule has 4 nitrogen and oxygen atoms in total. The molecule has 0 radical (unpaired) electrons. The van der Waals surface area contributed by atoms with E-state index in [9.17, 15) is 0 Å². The van der Waals surface area contributed by atoms with Crippen LogP contribution in [0.25, 0.3) is 0 Å². The molecule has 1 aromatic rings. The van der Waals surface area contributed by atoms with Crippen LogP contribution in [0, 0.1) is 5.92 Å². The third-order valence-corrected chi connectivity index (χ3v) is 3.11. The molecule has 0 aromatic carbocycles. The molecule has 1 aromatic heterocycles. The maximum absolute atomic E-state index is 5.82. The zero-order valence-electron chi connectivity index (χ0n) is 14.5. The molecule has 1 rings (SSSR count). The molecule has 0 spiro atoms. The molecule has 0 saturated carbocycles. The molecular formula is C17H31N3O. The molecule has 0 fully saturated rings. The quantitative estimate of drug-likeness (QED) is 0.721. The first-order valence-electron chi connectivity index (χ1n) is 8.09. The summed E-state index contributed by atoms with van der Waals surface area (Å²) in [6.07, 6.45) is 3.31. The zero-order valence-corrected chi connectivity index (χ0v) is 14.5. The summed E-state index contributed by atoms with van der Waals surface area (Å²) >= 11 is 0. The van der Waals surface area contributed by atoms with Gasteiger partial charge in [0.25, 0.3) is 0 Å². The second-order valence-electron chi connectivity index (χ2n) is 6.98. The van der Waals surface area contributed by atoms with Crippen molar-refractivity contribution in [3.8, 4) is 5.88 Å². The van der Waals surface area contributed by atoms with Gasteiger partial charge in [-0.2, -0.15) is 4.98 Å². The topological polar surface area (TPSA) is 47.0 Å². The summed E-state index contributed by atoms with van der Waals surface area (Å²) in [5.41, 5.74) is -0.0834. The van der Waals surface area contributed by atoms with Gasteiger partial charge in [0.15, 0.2) is 0 Å². The van der Waals surface area contributed by atoms with Crippen LogP contribution >= 0.6 is 0 Å². The van der Waals surface area contributed by atoms with Crippen LogP contribution < -0.4 is 10.1 Å². The van der Waals surface area contributed by atoms with Crippen molar-refractivity contribution in [1.29, 1.82) is 0 Å². The van der Waals surface area contributed by atoms with Gasteiger partial charge in [0, 0.05) is 18.0 Å². The van der Waals surface area contributed by atoms with Crippen molar-refractivity contribution < 1.29 is 4.74 Å². The average Bonchev–Trinajstić information content (AvgIpc) is 2.40. The second-order valence-corrected chi connectivity index (χ2v) is 6.98. The highest BCUT2D eigenvalue weighted by Gasteiger charge is 2.19. The average molecular weight is 293 g/mol. The van der Waals surface area contributed by atoms with Crippen molar-refractivity contribution in [2.45, 2.75) is 66.2 Å². The van der Waals surface area contributed by atoms with E-state index in [1.807, 2.05) is 6.07 Å². The highest BCUT2D eigenvalue weighted by Crippen LogP contribution is 2.23. The van der Waals surface area contributed by atoms with Crippen molar-refractivity contribution >= 4 is 5.82 Å². The maximum Gasteiger partial charge on any atom is 0.218 e. The lowest BCUT2D eigenvalue weighted by atomic mass is 9.96. The molecule has 21 heavy (non-hydrogen) atoms. The van der Waals surface area contributed by atoms with Crippen LogP contribution in [0.2, 0.25) is 0 Å². The smallest absolute Gasteiger partial charge is 0.218 e. The van der Waals surface area contributed by atoms with E-state index < -0.39 is 0 Å². The van der Waals surface area contributed by atoms with E-state index in [0.717, 1.165) is 31.0 Å². The van der Waals surface area contributed by atoms with Crippen LogP contribution in [0.5, 0.6) is 5.88 Å².